The van der Waals surface area contributed by atoms with Gasteiger partial charge < -0.3 is 5.11 Å². The molecule has 1 heterocycles. The molecule has 0 amide bonds. The first-order valence-corrected chi connectivity index (χ1v) is 5.46. The molecule has 0 aliphatic heterocycles. The Bertz CT molecular complexity index is 413. The summed E-state index contributed by atoms with van der Waals surface area (Å²) < 4.78 is 1.87. The van der Waals surface area contributed by atoms with Crippen molar-refractivity contribution in [3.8, 4) is 6.07 Å². The van der Waals surface area contributed by atoms with Gasteiger partial charge in [-0.25, -0.2) is 0 Å². The molecular formula is C12H19N3O. The molecule has 4 nitrogen and oxygen atoms in total. The van der Waals surface area contributed by atoms with Gasteiger partial charge in [0.15, 0.2) is 0 Å². The lowest BCUT2D eigenvalue weighted by molar-refractivity contribution is 0.280. The maximum atomic E-state index is 9.18. The van der Waals surface area contributed by atoms with Crippen LogP contribution in [0.1, 0.15) is 37.2 Å². The fraction of sp³-hybridized carbons (Fsp3) is 0.667. The number of nitriles is 1. The highest BCUT2D eigenvalue weighted by Crippen LogP contribution is 2.21. The van der Waals surface area contributed by atoms with Crippen molar-refractivity contribution in [1.82, 2.24) is 9.78 Å². The number of aromatic nitrogens is 2. The molecular weight excluding hydrogens is 202 g/mol. The Morgan fingerprint density at radius 1 is 1.44 bits per heavy atom. The van der Waals surface area contributed by atoms with Crippen LogP contribution in [0.2, 0.25) is 0 Å². The van der Waals surface area contributed by atoms with Gasteiger partial charge in [0.2, 0.25) is 0 Å². The Balaban J connectivity index is 2.80. The first-order chi connectivity index (χ1) is 7.41. The molecule has 0 fully saturated rings. The van der Waals surface area contributed by atoms with E-state index in [-0.39, 0.29) is 12.0 Å². The van der Waals surface area contributed by atoms with E-state index in [1.54, 1.807) is 0 Å². The monoisotopic (exact) mass is 221 g/mol. The summed E-state index contributed by atoms with van der Waals surface area (Å²) in [5.41, 5.74) is 2.43. The number of aryl methyl sites for hydroxylation is 2. The average Bonchev–Trinajstić information content (AvgIpc) is 2.51. The lowest BCUT2D eigenvalue weighted by Crippen LogP contribution is -2.14. The average molecular weight is 221 g/mol. The van der Waals surface area contributed by atoms with E-state index in [4.69, 9.17) is 5.26 Å². The molecule has 0 radical (unpaired) electrons. The molecule has 1 N–H and O–H groups in total. The van der Waals surface area contributed by atoms with Crippen molar-refractivity contribution in [3.63, 3.8) is 0 Å². The second-order valence-corrected chi connectivity index (χ2v) is 4.78. The van der Waals surface area contributed by atoms with Gasteiger partial charge in [-0.15, -0.1) is 0 Å². The van der Waals surface area contributed by atoms with Gasteiger partial charge >= 0.3 is 0 Å². The van der Waals surface area contributed by atoms with Crippen molar-refractivity contribution in [2.45, 2.75) is 47.3 Å². The molecule has 0 saturated carbocycles. The SMILES string of the molecule is Cc1nn(CCC(C)(C)C#N)c(C)c1CO. The van der Waals surface area contributed by atoms with Gasteiger partial charge in [-0.05, 0) is 34.1 Å². The minimum Gasteiger partial charge on any atom is -0.392 e. The minimum atomic E-state index is -0.328. The Labute approximate surface area is 96.5 Å². The predicted molar refractivity (Wildman–Crippen MR) is 61.6 cm³/mol. The van der Waals surface area contributed by atoms with Gasteiger partial charge in [-0.1, -0.05) is 0 Å². The third-order valence-electron chi connectivity index (χ3n) is 2.94. The number of aliphatic hydroxyl groups excluding tert-OH is 1. The van der Waals surface area contributed by atoms with Crippen molar-refractivity contribution in [2.75, 3.05) is 0 Å². The molecule has 1 aromatic heterocycles. The molecule has 0 aromatic carbocycles. The zero-order valence-corrected chi connectivity index (χ0v) is 10.4. The molecule has 0 aliphatic carbocycles. The van der Waals surface area contributed by atoms with Gasteiger partial charge in [0.1, 0.15) is 0 Å². The first kappa shape index (κ1) is 12.7. The molecule has 0 saturated heterocycles. The Morgan fingerprint density at radius 2 is 2.06 bits per heavy atom. The molecule has 1 rings (SSSR count). The third-order valence-corrected chi connectivity index (χ3v) is 2.94. The van der Waals surface area contributed by atoms with Crippen LogP contribution >= 0.6 is 0 Å². The molecule has 4 heteroatoms. The summed E-state index contributed by atoms with van der Waals surface area (Å²) in [4.78, 5) is 0. The minimum absolute atomic E-state index is 0.0271. The van der Waals surface area contributed by atoms with Crippen molar-refractivity contribution in [1.29, 1.82) is 5.26 Å². The van der Waals surface area contributed by atoms with E-state index in [0.717, 1.165) is 23.4 Å². The van der Waals surface area contributed by atoms with Crippen LogP contribution in [-0.2, 0) is 13.2 Å². The summed E-state index contributed by atoms with van der Waals surface area (Å²) in [7, 11) is 0. The van der Waals surface area contributed by atoms with Crippen molar-refractivity contribution >= 4 is 0 Å². The van der Waals surface area contributed by atoms with E-state index in [1.807, 2.05) is 32.4 Å². The molecule has 1 aromatic rings. The molecule has 0 unspecified atom stereocenters. The third kappa shape index (κ3) is 2.61. The van der Waals surface area contributed by atoms with Crippen LogP contribution in [0, 0.1) is 30.6 Å². The summed E-state index contributed by atoms with van der Waals surface area (Å²) in [6.07, 6.45) is 0.760. The lowest BCUT2D eigenvalue weighted by atomic mass is 9.91. The number of rotatable bonds is 4. The largest absolute Gasteiger partial charge is 0.392 e. The highest BCUT2D eigenvalue weighted by molar-refractivity contribution is 5.23. The molecule has 0 atom stereocenters. The topological polar surface area (TPSA) is 61.8 Å². The van der Waals surface area contributed by atoms with Crippen LogP contribution in [0.5, 0.6) is 0 Å². The smallest absolute Gasteiger partial charge is 0.0718 e. The van der Waals surface area contributed by atoms with E-state index in [1.165, 1.54) is 0 Å². The van der Waals surface area contributed by atoms with Crippen LogP contribution in [0.15, 0.2) is 0 Å². The maximum absolute atomic E-state index is 9.18. The summed E-state index contributed by atoms with van der Waals surface area (Å²) in [5.74, 6) is 0. The van der Waals surface area contributed by atoms with E-state index >= 15 is 0 Å². The highest BCUT2D eigenvalue weighted by Gasteiger charge is 2.18. The van der Waals surface area contributed by atoms with Gasteiger partial charge in [-0.2, -0.15) is 10.4 Å². The van der Waals surface area contributed by atoms with Crippen molar-refractivity contribution in [3.05, 3.63) is 17.0 Å². The number of hydrogen-bond donors (Lipinski definition) is 1. The van der Waals surface area contributed by atoms with E-state index in [0.29, 0.717) is 6.54 Å². The van der Waals surface area contributed by atoms with Crippen LogP contribution in [0.25, 0.3) is 0 Å². The summed E-state index contributed by atoms with van der Waals surface area (Å²) in [6, 6.07) is 2.28. The van der Waals surface area contributed by atoms with Crippen molar-refractivity contribution in [2.24, 2.45) is 5.41 Å². The van der Waals surface area contributed by atoms with Crippen LogP contribution < -0.4 is 0 Å². The van der Waals surface area contributed by atoms with Gasteiger partial charge in [0, 0.05) is 17.8 Å². The van der Waals surface area contributed by atoms with Gasteiger partial charge in [0.05, 0.1) is 23.8 Å². The molecule has 0 spiro atoms. The van der Waals surface area contributed by atoms with E-state index in [2.05, 4.69) is 11.2 Å². The van der Waals surface area contributed by atoms with Crippen molar-refractivity contribution < 1.29 is 5.11 Å². The zero-order chi connectivity index (χ0) is 12.3. The number of nitrogens with zero attached hydrogens (tertiary/aromatic N) is 3. The lowest BCUT2D eigenvalue weighted by Gasteiger charge is -2.15. The highest BCUT2D eigenvalue weighted by atomic mass is 16.3. The Hall–Kier alpha value is -1.34. The summed E-state index contributed by atoms with van der Waals surface area (Å²) in [6.45, 7) is 8.43. The second kappa shape index (κ2) is 4.67. The Kier molecular flexibility index (Phi) is 3.71. The molecule has 0 aliphatic rings. The first-order valence-electron chi connectivity index (χ1n) is 5.46. The fourth-order valence-electron chi connectivity index (χ4n) is 1.62. The van der Waals surface area contributed by atoms with E-state index in [9.17, 15) is 5.11 Å². The molecule has 88 valence electrons. The summed E-state index contributed by atoms with van der Waals surface area (Å²) in [5, 5.41) is 22.5. The Morgan fingerprint density at radius 3 is 2.50 bits per heavy atom. The van der Waals surface area contributed by atoms with Crippen LogP contribution in [-0.4, -0.2) is 14.9 Å². The second-order valence-electron chi connectivity index (χ2n) is 4.78. The predicted octanol–water partition coefficient (Wildman–Crippen LogP) is 1.93. The standard InChI is InChI=1S/C12H19N3O/c1-9-11(7-16)10(2)15(14-9)6-5-12(3,4)8-13/h16H,5-7H2,1-4H3. The van der Waals surface area contributed by atoms with Gasteiger partial charge in [0.25, 0.3) is 0 Å². The molecule has 0 bridgehead atoms. The maximum Gasteiger partial charge on any atom is 0.0718 e. The van der Waals surface area contributed by atoms with Gasteiger partial charge in [-0.3, -0.25) is 4.68 Å². The number of hydrogen-bond acceptors (Lipinski definition) is 3. The fourth-order valence-corrected chi connectivity index (χ4v) is 1.62. The summed E-state index contributed by atoms with van der Waals surface area (Å²) >= 11 is 0. The quantitative estimate of drug-likeness (QED) is 0.845. The number of aliphatic hydroxyl groups is 1. The molecule has 16 heavy (non-hydrogen) atoms. The normalized spacial score (nSPS) is 11.5. The van der Waals surface area contributed by atoms with Crippen LogP contribution in [0.4, 0.5) is 0 Å². The van der Waals surface area contributed by atoms with Crippen LogP contribution in [0.3, 0.4) is 0 Å². The van der Waals surface area contributed by atoms with E-state index < -0.39 is 0 Å². The zero-order valence-electron chi connectivity index (χ0n) is 10.4.